The van der Waals surface area contributed by atoms with Crippen LogP contribution in [0, 0.1) is 28.6 Å². The largest absolute Gasteiger partial charge is 0.445 e. The van der Waals surface area contributed by atoms with Crippen LogP contribution < -0.4 is 0 Å². The van der Waals surface area contributed by atoms with Gasteiger partial charge in [0.15, 0.2) is 21.9 Å². The van der Waals surface area contributed by atoms with E-state index in [4.69, 9.17) is 4.74 Å². The second-order valence-electron chi connectivity index (χ2n) is 10.9. The van der Waals surface area contributed by atoms with Gasteiger partial charge in [-0.1, -0.05) is 24.4 Å². The van der Waals surface area contributed by atoms with E-state index in [2.05, 4.69) is 9.59 Å². The summed E-state index contributed by atoms with van der Waals surface area (Å²) in [7, 11) is 0. The number of nitrogens with zero attached hydrogens (tertiary/aromatic N) is 2. The molecule has 1 aromatic rings. The molecule has 0 saturated heterocycles. The number of ether oxygens (including phenoxy) is 1. The van der Waals surface area contributed by atoms with Crippen LogP contribution in [0.2, 0.25) is 0 Å². The molecule has 5 rings (SSSR count). The van der Waals surface area contributed by atoms with E-state index in [1.807, 2.05) is 0 Å². The molecule has 4 aliphatic rings. The zero-order valence-corrected chi connectivity index (χ0v) is 22.1. The van der Waals surface area contributed by atoms with Gasteiger partial charge in [-0.05, 0) is 73.1 Å². The first-order valence-electron chi connectivity index (χ1n) is 12.1. The van der Waals surface area contributed by atoms with Crippen LogP contribution in [0.3, 0.4) is 0 Å². The minimum absolute atomic E-state index is 0.00750. The molecule has 0 spiro atoms. The van der Waals surface area contributed by atoms with E-state index in [9.17, 15) is 23.9 Å². The number of carbonyl (C=O) groups is 3. The summed E-state index contributed by atoms with van der Waals surface area (Å²) in [6.07, 6.45) is 1.09. The highest BCUT2D eigenvalue weighted by atomic mass is 32.2. The highest BCUT2D eigenvalue weighted by Crippen LogP contribution is 2.72. The third-order valence-corrected chi connectivity index (χ3v) is 10.8. The molecule has 1 N–H and O–H groups in total. The quantitative estimate of drug-likeness (QED) is 0.551. The number of ketones is 1. The van der Waals surface area contributed by atoms with E-state index in [0.717, 1.165) is 17.6 Å². The molecule has 3 saturated carbocycles. The topological polar surface area (TPSA) is 106 Å². The summed E-state index contributed by atoms with van der Waals surface area (Å²) in [6, 6.07) is -1.07. The Morgan fingerprint density at radius 1 is 1.30 bits per heavy atom. The number of aromatic nitrogens is 2. The summed E-state index contributed by atoms with van der Waals surface area (Å²) in [4.78, 5) is 38.7. The van der Waals surface area contributed by atoms with Crippen molar-refractivity contribution < 1.29 is 37.4 Å². The molecule has 0 amide bonds. The SMILES string of the molecule is C[C@@H]1C[C@H]2[C@@H]3C[C@H](F)C4=CC(=O)C=C[C@]4(C)[C@@]3(F)[C@@H](O)C[C@]2(C)[C@@]1(OC(=O)c1cnns1)C(=O)SCF. The lowest BCUT2D eigenvalue weighted by Crippen LogP contribution is -2.70. The summed E-state index contributed by atoms with van der Waals surface area (Å²) in [6.45, 7) is 4.80. The first kappa shape index (κ1) is 26.6. The van der Waals surface area contributed by atoms with Crippen LogP contribution in [0.4, 0.5) is 13.2 Å². The summed E-state index contributed by atoms with van der Waals surface area (Å²) >= 11 is 1.12. The second-order valence-corrected chi connectivity index (χ2v) is 12.6. The molecule has 1 heterocycles. The maximum absolute atomic E-state index is 17.4. The van der Waals surface area contributed by atoms with Crippen molar-refractivity contribution in [3.63, 3.8) is 0 Å². The van der Waals surface area contributed by atoms with Gasteiger partial charge in [0.05, 0.1) is 12.3 Å². The molecular formula is C25H27F3N2O5S2. The van der Waals surface area contributed by atoms with Crippen LogP contribution >= 0.6 is 23.3 Å². The number of hydrogen-bond acceptors (Lipinski definition) is 9. The molecule has 0 bridgehead atoms. The van der Waals surface area contributed by atoms with Gasteiger partial charge >= 0.3 is 5.97 Å². The van der Waals surface area contributed by atoms with Crippen LogP contribution in [0.15, 0.2) is 30.0 Å². The number of carbonyl (C=O) groups excluding carboxylic acids is 3. The first-order valence-corrected chi connectivity index (χ1v) is 13.8. The van der Waals surface area contributed by atoms with Gasteiger partial charge in [0.2, 0.25) is 5.12 Å². The molecular weight excluding hydrogens is 529 g/mol. The smallest absolute Gasteiger partial charge is 0.352 e. The summed E-state index contributed by atoms with van der Waals surface area (Å²) in [5, 5.41) is 14.4. The van der Waals surface area contributed by atoms with E-state index >= 15 is 8.78 Å². The van der Waals surface area contributed by atoms with Crippen LogP contribution in [0.1, 0.15) is 49.7 Å². The summed E-state index contributed by atoms with van der Waals surface area (Å²) in [5.74, 6) is -3.75. The van der Waals surface area contributed by atoms with Crippen LogP contribution in [0.5, 0.6) is 0 Å². The fourth-order valence-corrected chi connectivity index (χ4v) is 9.01. The number of fused-ring (bicyclic) bond motifs is 5. The van der Waals surface area contributed by atoms with E-state index in [0.29, 0.717) is 11.8 Å². The third kappa shape index (κ3) is 3.33. The molecule has 0 unspecified atom stereocenters. The van der Waals surface area contributed by atoms with Gasteiger partial charge in [0.25, 0.3) is 0 Å². The Morgan fingerprint density at radius 3 is 2.68 bits per heavy atom. The van der Waals surface area contributed by atoms with E-state index in [-0.39, 0.29) is 29.7 Å². The van der Waals surface area contributed by atoms with Crippen LogP contribution in [0.25, 0.3) is 0 Å². The Bertz CT molecular complexity index is 1210. The van der Waals surface area contributed by atoms with Crippen molar-refractivity contribution in [2.45, 2.75) is 63.6 Å². The van der Waals surface area contributed by atoms with E-state index < -0.39 is 75.0 Å². The first-order chi connectivity index (χ1) is 17.4. The number of aliphatic hydroxyl groups excluding tert-OH is 1. The maximum Gasteiger partial charge on any atom is 0.352 e. The molecule has 4 aliphatic carbocycles. The van der Waals surface area contributed by atoms with Gasteiger partial charge in [-0.15, -0.1) is 5.10 Å². The number of alkyl halides is 3. The number of aliphatic hydroxyl groups is 1. The molecule has 37 heavy (non-hydrogen) atoms. The lowest BCUT2D eigenvalue weighted by atomic mass is 9.44. The van der Waals surface area contributed by atoms with E-state index in [1.54, 1.807) is 13.8 Å². The standard InChI is InChI=1S/C25H27F3N2O5S2/c1-12-6-14-15-8-17(27)16-7-13(31)4-5-22(16,2)24(15,28)19(32)9-23(14,3)25(12,21(34)36-11-26)35-20(33)18-10-29-30-37-18/h4-5,7,10,12,14-15,17,19,32H,6,8-9,11H2,1-3H3/t12-,14+,15+,17+,19+,22+,23+,24+,25+/m1/s1. The van der Waals surface area contributed by atoms with E-state index in [1.165, 1.54) is 25.3 Å². The molecule has 1 aromatic heterocycles. The van der Waals surface area contributed by atoms with Gasteiger partial charge in [-0.3, -0.25) is 9.59 Å². The summed E-state index contributed by atoms with van der Waals surface area (Å²) < 4.78 is 56.0. The average Bonchev–Trinajstić information content (AvgIpc) is 3.45. The minimum atomic E-state index is -2.35. The Morgan fingerprint density at radius 2 is 2.03 bits per heavy atom. The van der Waals surface area contributed by atoms with Crippen LogP contribution in [-0.2, 0) is 14.3 Å². The third-order valence-electron chi connectivity index (χ3n) is 9.47. The van der Waals surface area contributed by atoms with Gasteiger partial charge in [0.1, 0.15) is 12.2 Å². The molecule has 0 aromatic carbocycles. The normalized spacial score (nSPS) is 44.5. The molecule has 9 atom stereocenters. The maximum atomic E-state index is 17.4. The zero-order valence-electron chi connectivity index (χ0n) is 20.4. The Kier molecular flexibility index (Phi) is 6.27. The molecule has 0 aliphatic heterocycles. The molecule has 7 nitrogen and oxygen atoms in total. The lowest BCUT2D eigenvalue weighted by Gasteiger charge is -2.63. The average molecular weight is 557 g/mol. The van der Waals surface area contributed by atoms with Gasteiger partial charge < -0.3 is 9.84 Å². The van der Waals surface area contributed by atoms with Crippen molar-refractivity contribution in [1.29, 1.82) is 0 Å². The lowest BCUT2D eigenvalue weighted by molar-refractivity contribution is -0.221. The number of allylic oxidation sites excluding steroid dienone is 4. The predicted molar refractivity (Wildman–Crippen MR) is 130 cm³/mol. The fourth-order valence-electron chi connectivity index (χ4n) is 7.83. The molecule has 3 fully saturated rings. The van der Waals surface area contributed by atoms with Crippen molar-refractivity contribution in [3.05, 3.63) is 34.9 Å². The fraction of sp³-hybridized carbons (Fsp3) is 0.640. The van der Waals surface area contributed by atoms with Crippen molar-refractivity contribution in [3.8, 4) is 0 Å². The van der Waals surface area contributed by atoms with Crippen molar-refractivity contribution in [1.82, 2.24) is 9.59 Å². The number of rotatable bonds is 4. The molecule has 12 heteroatoms. The Balaban J connectivity index is 1.64. The van der Waals surface area contributed by atoms with Crippen LogP contribution in [-0.4, -0.2) is 61.1 Å². The Hall–Kier alpha value is -2.05. The van der Waals surface area contributed by atoms with Gasteiger partial charge in [0, 0.05) is 22.7 Å². The highest BCUT2D eigenvalue weighted by molar-refractivity contribution is 8.13. The number of thioether (sulfide) groups is 1. The minimum Gasteiger partial charge on any atom is -0.445 e. The monoisotopic (exact) mass is 556 g/mol. The van der Waals surface area contributed by atoms with Gasteiger partial charge in [-0.2, -0.15) is 0 Å². The Labute approximate surface area is 220 Å². The number of hydrogen-bond donors (Lipinski definition) is 1. The summed E-state index contributed by atoms with van der Waals surface area (Å²) in [5.41, 5.74) is -7.17. The number of halogens is 3. The molecule has 200 valence electrons. The second kappa shape index (κ2) is 8.74. The van der Waals surface area contributed by atoms with Crippen molar-refractivity contribution in [2.75, 3.05) is 6.01 Å². The predicted octanol–water partition coefficient (Wildman–Crippen LogP) is 4.19. The zero-order chi connectivity index (χ0) is 27.0. The highest BCUT2D eigenvalue weighted by Gasteiger charge is 2.78. The number of esters is 1. The van der Waals surface area contributed by atoms with Crippen molar-refractivity contribution in [2.24, 2.45) is 28.6 Å². The van der Waals surface area contributed by atoms with Gasteiger partial charge in [-0.25, -0.2) is 18.0 Å². The molecule has 0 radical (unpaired) electrons. The van der Waals surface area contributed by atoms with Crippen molar-refractivity contribution >= 4 is 40.2 Å².